The first-order chi connectivity index (χ1) is 15.5. The van der Waals surface area contributed by atoms with E-state index in [0.29, 0.717) is 42.6 Å². The Morgan fingerprint density at radius 1 is 1.12 bits per heavy atom. The normalized spacial score (nSPS) is 18.3. The van der Waals surface area contributed by atoms with Crippen molar-refractivity contribution in [2.45, 2.75) is 12.5 Å². The van der Waals surface area contributed by atoms with Gasteiger partial charge in [0.05, 0.1) is 30.7 Å². The summed E-state index contributed by atoms with van der Waals surface area (Å²) in [7, 11) is 0. The van der Waals surface area contributed by atoms with E-state index in [4.69, 9.17) is 10.5 Å². The molecule has 2 aliphatic rings. The van der Waals surface area contributed by atoms with Crippen LogP contribution < -0.4 is 26.2 Å². The zero-order chi connectivity index (χ0) is 22.5. The first-order valence-electron chi connectivity index (χ1n) is 10.6. The van der Waals surface area contributed by atoms with Gasteiger partial charge in [0, 0.05) is 32.2 Å². The summed E-state index contributed by atoms with van der Waals surface area (Å²) in [5.41, 5.74) is 6.56. The molecule has 0 spiro atoms. The summed E-state index contributed by atoms with van der Waals surface area (Å²) in [6, 6.07) is 7.27. The molecule has 4 N–H and O–H groups in total. The average Bonchev–Trinajstić information content (AvgIpc) is 3.28. The van der Waals surface area contributed by atoms with Gasteiger partial charge in [-0.15, -0.1) is 0 Å². The largest absolute Gasteiger partial charge is 0.378 e. The molecule has 4 rings (SSSR count). The fraction of sp³-hybridized carbons (Fsp3) is 0.364. The van der Waals surface area contributed by atoms with Gasteiger partial charge in [0.15, 0.2) is 0 Å². The molecule has 2 fully saturated rings. The summed E-state index contributed by atoms with van der Waals surface area (Å²) < 4.78 is 5.38. The molecule has 10 nitrogen and oxygen atoms in total. The van der Waals surface area contributed by atoms with Crippen LogP contribution in [-0.4, -0.2) is 67.2 Å². The summed E-state index contributed by atoms with van der Waals surface area (Å²) in [5, 5.41) is 6.08. The minimum Gasteiger partial charge on any atom is -0.378 e. The third kappa shape index (κ3) is 4.97. The third-order valence-electron chi connectivity index (χ3n) is 5.54. The Balaban J connectivity index is 1.49. The maximum atomic E-state index is 11.9. The Kier molecular flexibility index (Phi) is 6.50. The first kappa shape index (κ1) is 21.6. The first-order valence-corrected chi connectivity index (χ1v) is 10.6. The lowest BCUT2D eigenvalue weighted by Crippen LogP contribution is -2.36. The smallest absolute Gasteiger partial charge is 0.252 e. The van der Waals surface area contributed by atoms with Gasteiger partial charge in [-0.05, 0) is 36.8 Å². The molecule has 0 aliphatic carbocycles. The van der Waals surface area contributed by atoms with Crippen molar-refractivity contribution in [2.75, 3.05) is 54.5 Å². The number of amides is 2. The van der Waals surface area contributed by atoms with E-state index in [1.165, 1.54) is 6.08 Å². The van der Waals surface area contributed by atoms with E-state index in [9.17, 15) is 9.59 Å². The predicted octanol–water partition coefficient (Wildman–Crippen LogP) is 1.04. The van der Waals surface area contributed by atoms with Crippen LogP contribution in [0.1, 0.15) is 16.8 Å². The summed E-state index contributed by atoms with van der Waals surface area (Å²) >= 11 is 0. The highest BCUT2D eigenvalue weighted by atomic mass is 16.5. The molecule has 1 unspecified atom stereocenters. The number of hydrogen-bond acceptors (Lipinski definition) is 8. The van der Waals surface area contributed by atoms with Crippen LogP contribution >= 0.6 is 0 Å². The zero-order valence-electron chi connectivity index (χ0n) is 17.8. The number of primary amides is 1. The monoisotopic (exact) mass is 437 g/mol. The van der Waals surface area contributed by atoms with Crippen LogP contribution in [0.5, 0.6) is 0 Å². The van der Waals surface area contributed by atoms with Gasteiger partial charge in [-0.2, -0.15) is 0 Å². The van der Waals surface area contributed by atoms with Crippen molar-refractivity contribution in [1.82, 2.24) is 15.3 Å². The van der Waals surface area contributed by atoms with Gasteiger partial charge in [0.1, 0.15) is 17.5 Å². The molecule has 0 saturated carbocycles. The number of carbonyl (C=O) groups is 2. The lowest BCUT2D eigenvalue weighted by molar-refractivity contribution is -0.117. The molecule has 1 atom stereocenters. The lowest BCUT2D eigenvalue weighted by atomic mass is 10.2. The van der Waals surface area contributed by atoms with E-state index < -0.39 is 5.91 Å². The van der Waals surface area contributed by atoms with Crippen molar-refractivity contribution in [3.8, 4) is 0 Å². The third-order valence-corrected chi connectivity index (χ3v) is 5.54. The molecule has 0 bridgehead atoms. The molecule has 0 aromatic carbocycles. The number of nitrogens with one attached hydrogen (secondary N) is 2. The van der Waals surface area contributed by atoms with Crippen molar-refractivity contribution in [2.24, 2.45) is 5.73 Å². The van der Waals surface area contributed by atoms with Crippen molar-refractivity contribution in [3.05, 3.63) is 48.7 Å². The second-order valence-corrected chi connectivity index (χ2v) is 7.70. The Hall–Kier alpha value is -3.66. The molecular weight excluding hydrogens is 410 g/mol. The quantitative estimate of drug-likeness (QED) is 0.549. The SMILES string of the molecule is C=CC(=O)NC1CCN(c2ccc(C(N)=O)c(Nc3ccc(N4CCOCC4)nc3)n2)C1. The topological polar surface area (TPSA) is 126 Å². The van der Waals surface area contributed by atoms with Crippen molar-refractivity contribution < 1.29 is 14.3 Å². The number of ether oxygens (including phenoxy) is 1. The number of nitrogens with zero attached hydrogens (tertiary/aromatic N) is 4. The Bertz CT molecular complexity index is 990. The number of hydrogen-bond donors (Lipinski definition) is 3. The molecule has 2 aliphatic heterocycles. The standard InChI is InChI=1S/C22H27N7O3/c1-2-20(30)25-16-7-8-29(14-16)19-6-4-17(21(23)31)22(27-19)26-15-3-5-18(24-13-15)28-9-11-32-12-10-28/h2-6,13,16H,1,7-12,14H2,(H2,23,31)(H,25,30)(H,26,27). The molecule has 32 heavy (non-hydrogen) atoms. The molecule has 2 aromatic heterocycles. The number of pyridine rings is 2. The van der Waals surface area contributed by atoms with E-state index >= 15 is 0 Å². The average molecular weight is 438 g/mol. The summed E-state index contributed by atoms with van der Waals surface area (Å²) in [5.74, 6) is 1.19. The maximum Gasteiger partial charge on any atom is 0.252 e. The zero-order valence-corrected chi connectivity index (χ0v) is 17.8. The fourth-order valence-corrected chi connectivity index (χ4v) is 3.84. The van der Waals surface area contributed by atoms with E-state index in [2.05, 4.69) is 37.0 Å². The van der Waals surface area contributed by atoms with Gasteiger partial charge in [-0.1, -0.05) is 6.58 Å². The Morgan fingerprint density at radius 2 is 1.91 bits per heavy atom. The minimum absolute atomic E-state index is 0.0199. The Labute approximate surface area is 186 Å². The van der Waals surface area contributed by atoms with Crippen LogP contribution in [-0.2, 0) is 9.53 Å². The highest BCUT2D eigenvalue weighted by Gasteiger charge is 2.25. The summed E-state index contributed by atoms with van der Waals surface area (Å²) in [6.07, 6.45) is 3.78. The van der Waals surface area contributed by atoms with Gasteiger partial charge < -0.3 is 30.9 Å². The molecule has 4 heterocycles. The lowest BCUT2D eigenvalue weighted by Gasteiger charge is -2.27. The van der Waals surface area contributed by atoms with E-state index in [1.807, 2.05) is 12.1 Å². The second kappa shape index (κ2) is 9.65. The van der Waals surface area contributed by atoms with Gasteiger partial charge in [0.2, 0.25) is 5.91 Å². The number of nitrogens with two attached hydrogens (primary N) is 1. The number of carbonyl (C=O) groups excluding carboxylic acids is 2. The molecule has 2 aromatic rings. The van der Waals surface area contributed by atoms with Gasteiger partial charge >= 0.3 is 0 Å². The van der Waals surface area contributed by atoms with Crippen LogP contribution in [0.2, 0.25) is 0 Å². The minimum atomic E-state index is -0.568. The van der Waals surface area contributed by atoms with Crippen LogP contribution in [0.3, 0.4) is 0 Å². The molecular formula is C22H27N7O3. The van der Waals surface area contributed by atoms with Crippen molar-refractivity contribution in [1.29, 1.82) is 0 Å². The molecule has 2 saturated heterocycles. The molecule has 2 amide bonds. The van der Waals surface area contributed by atoms with Gasteiger partial charge in [0.25, 0.3) is 5.91 Å². The predicted molar refractivity (Wildman–Crippen MR) is 122 cm³/mol. The second-order valence-electron chi connectivity index (χ2n) is 7.70. The summed E-state index contributed by atoms with van der Waals surface area (Å²) in [4.78, 5) is 36.9. The van der Waals surface area contributed by atoms with Crippen LogP contribution in [0.15, 0.2) is 43.1 Å². The molecule has 0 radical (unpaired) electrons. The van der Waals surface area contributed by atoms with Crippen LogP contribution in [0, 0.1) is 0 Å². The van der Waals surface area contributed by atoms with Crippen molar-refractivity contribution >= 4 is 35.0 Å². The van der Waals surface area contributed by atoms with Gasteiger partial charge in [-0.25, -0.2) is 9.97 Å². The van der Waals surface area contributed by atoms with Crippen LogP contribution in [0.4, 0.5) is 23.1 Å². The van der Waals surface area contributed by atoms with Crippen molar-refractivity contribution in [3.63, 3.8) is 0 Å². The highest BCUT2D eigenvalue weighted by molar-refractivity contribution is 5.98. The van der Waals surface area contributed by atoms with E-state index in [-0.39, 0.29) is 11.9 Å². The maximum absolute atomic E-state index is 11.9. The summed E-state index contributed by atoms with van der Waals surface area (Å²) in [6.45, 7) is 7.83. The van der Waals surface area contributed by atoms with Crippen LogP contribution in [0.25, 0.3) is 0 Å². The highest BCUT2D eigenvalue weighted by Crippen LogP contribution is 2.26. The number of anilines is 4. The Morgan fingerprint density at radius 3 is 2.59 bits per heavy atom. The van der Waals surface area contributed by atoms with E-state index in [0.717, 1.165) is 31.9 Å². The number of aromatic nitrogens is 2. The molecule has 168 valence electrons. The number of morpholine rings is 1. The molecule has 10 heteroatoms. The fourth-order valence-electron chi connectivity index (χ4n) is 3.84. The van der Waals surface area contributed by atoms with E-state index in [1.54, 1.807) is 18.3 Å². The van der Waals surface area contributed by atoms with Gasteiger partial charge in [-0.3, -0.25) is 9.59 Å². The number of rotatable bonds is 7.